The third-order valence-electron chi connectivity index (χ3n) is 1.83. The van der Waals surface area contributed by atoms with E-state index in [1.165, 1.54) is 13.2 Å². The topological polar surface area (TPSA) is 50.1 Å². The van der Waals surface area contributed by atoms with Crippen molar-refractivity contribution in [2.45, 2.75) is 6.42 Å². The van der Waals surface area contributed by atoms with Crippen LogP contribution in [0.5, 0.6) is 0 Å². The summed E-state index contributed by atoms with van der Waals surface area (Å²) < 4.78 is 17.7. The Morgan fingerprint density at radius 2 is 2.33 bits per heavy atom. The van der Waals surface area contributed by atoms with Crippen LogP contribution in [0.3, 0.4) is 0 Å². The minimum Gasteiger partial charge on any atom is -0.469 e. The van der Waals surface area contributed by atoms with Crippen LogP contribution in [0.4, 0.5) is 4.39 Å². The van der Waals surface area contributed by atoms with Gasteiger partial charge in [-0.3, -0.25) is 4.79 Å². The summed E-state index contributed by atoms with van der Waals surface area (Å²) in [6, 6.07) is 4.14. The van der Waals surface area contributed by atoms with Crippen LogP contribution in [-0.2, 0) is 16.0 Å². The van der Waals surface area contributed by atoms with Crippen molar-refractivity contribution < 1.29 is 13.9 Å². The second-order valence-electron chi connectivity index (χ2n) is 2.78. The summed E-state index contributed by atoms with van der Waals surface area (Å²) in [5.41, 5.74) is 0.0548. The van der Waals surface area contributed by atoms with E-state index < -0.39 is 11.8 Å². The molecule has 15 heavy (non-hydrogen) atoms. The van der Waals surface area contributed by atoms with Crippen LogP contribution < -0.4 is 0 Å². The van der Waals surface area contributed by atoms with E-state index in [0.717, 1.165) is 6.07 Å². The summed E-state index contributed by atoms with van der Waals surface area (Å²) in [6.45, 7) is 0. The Kier molecular flexibility index (Phi) is 3.64. The van der Waals surface area contributed by atoms with Gasteiger partial charge in [0, 0.05) is 10.6 Å². The van der Waals surface area contributed by atoms with E-state index in [-0.39, 0.29) is 22.6 Å². The Morgan fingerprint density at radius 3 is 2.87 bits per heavy atom. The third-order valence-corrected chi connectivity index (χ3v) is 2.05. The van der Waals surface area contributed by atoms with Gasteiger partial charge < -0.3 is 4.74 Å². The summed E-state index contributed by atoms with van der Waals surface area (Å²) in [4.78, 5) is 11.0. The van der Waals surface area contributed by atoms with Gasteiger partial charge in [-0.1, -0.05) is 11.6 Å². The predicted octanol–water partition coefficient (Wildman–Crippen LogP) is 2.07. The molecule has 1 aromatic carbocycles. The summed E-state index contributed by atoms with van der Waals surface area (Å²) in [7, 11) is 1.20. The molecule has 0 atom stereocenters. The van der Waals surface area contributed by atoms with Gasteiger partial charge in [-0.05, 0) is 12.1 Å². The zero-order chi connectivity index (χ0) is 11.4. The lowest BCUT2D eigenvalue weighted by atomic mass is 10.0. The molecule has 0 heterocycles. The number of benzene rings is 1. The molecule has 0 N–H and O–H groups in total. The minimum atomic E-state index is -0.676. The maximum atomic E-state index is 13.4. The van der Waals surface area contributed by atoms with Gasteiger partial charge in [0.05, 0.1) is 25.2 Å². The summed E-state index contributed by atoms with van der Waals surface area (Å²) >= 11 is 5.56. The van der Waals surface area contributed by atoms with Crippen molar-refractivity contribution in [3.63, 3.8) is 0 Å². The maximum absolute atomic E-state index is 13.4. The highest BCUT2D eigenvalue weighted by Crippen LogP contribution is 2.20. The lowest BCUT2D eigenvalue weighted by molar-refractivity contribution is -0.139. The van der Waals surface area contributed by atoms with Gasteiger partial charge in [0.2, 0.25) is 0 Å². The maximum Gasteiger partial charge on any atom is 0.310 e. The molecule has 0 aliphatic rings. The van der Waals surface area contributed by atoms with Crippen molar-refractivity contribution in [2.75, 3.05) is 7.11 Å². The van der Waals surface area contributed by atoms with Crippen LogP contribution in [0, 0.1) is 17.1 Å². The van der Waals surface area contributed by atoms with E-state index in [9.17, 15) is 9.18 Å². The van der Waals surface area contributed by atoms with Crippen LogP contribution >= 0.6 is 11.6 Å². The number of halogens is 2. The number of carbonyl (C=O) groups excluding carboxylic acids is 1. The van der Waals surface area contributed by atoms with Gasteiger partial charge in [0.25, 0.3) is 0 Å². The second kappa shape index (κ2) is 4.76. The van der Waals surface area contributed by atoms with E-state index >= 15 is 0 Å². The summed E-state index contributed by atoms with van der Waals surface area (Å²) in [5.74, 6) is -1.28. The highest BCUT2D eigenvalue weighted by molar-refractivity contribution is 6.30. The van der Waals surface area contributed by atoms with Gasteiger partial charge >= 0.3 is 5.97 Å². The molecular formula is C10H7ClFNO2. The van der Waals surface area contributed by atoms with Crippen molar-refractivity contribution in [2.24, 2.45) is 0 Å². The van der Waals surface area contributed by atoms with Gasteiger partial charge in [0.1, 0.15) is 5.82 Å². The Labute approximate surface area is 91.0 Å². The first-order valence-electron chi connectivity index (χ1n) is 4.03. The monoisotopic (exact) mass is 227 g/mol. The molecule has 1 aromatic rings. The number of nitriles is 1. The highest BCUT2D eigenvalue weighted by atomic mass is 35.5. The fraction of sp³-hybridized carbons (Fsp3) is 0.200. The zero-order valence-corrected chi connectivity index (χ0v) is 8.64. The molecule has 0 spiro atoms. The fourth-order valence-corrected chi connectivity index (χ4v) is 1.30. The lowest BCUT2D eigenvalue weighted by Gasteiger charge is -2.04. The quantitative estimate of drug-likeness (QED) is 0.727. The SMILES string of the molecule is COC(=O)Cc1c(F)cc(Cl)cc1C#N. The number of hydrogen-bond donors (Lipinski definition) is 0. The number of nitrogens with zero attached hydrogens (tertiary/aromatic N) is 1. The first-order valence-corrected chi connectivity index (χ1v) is 4.41. The molecule has 78 valence electrons. The average molecular weight is 228 g/mol. The van der Waals surface area contributed by atoms with Gasteiger partial charge in [-0.25, -0.2) is 4.39 Å². The predicted molar refractivity (Wildman–Crippen MR) is 51.8 cm³/mol. The molecule has 0 amide bonds. The lowest BCUT2D eigenvalue weighted by Crippen LogP contribution is -2.08. The molecule has 1 rings (SSSR count). The average Bonchev–Trinajstić information content (AvgIpc) is 2.21. The number of hydrogen-bond acceptors (Lipinski definition) is 3. The van der Waals surface area contributed by atoms with E-state index in [1.807, 2.05) is 0 Å². The molecular weight excluding hydrogens is 221 g/mol. The van der Waals surface area contributed by atoms with Crippen molar-refractivity contribution in [3.05, 3.63) is 34.1 Å². The second-order valence-corrected chi connectivity index (χ2v) is 3.21. The molecule has 0 aliphatic heterocycles. The fourth-order valence-electron chi connectivity index (χ4n) is 1.10. The van der Waals surface area contributed by atoms with Crippen molar-refractivity contribution in [1.29, 1.82) is 5.26 Å². The Morgan fingerprint density at radius 1 is 1.67 bits per heavy atom. The first kappa shape index (κ1) is 11.5. The highest BCUT2D eigenvalue weighted by Gasteiger charge is 2.14. The number of esters is 1. The molecule has 0 unspecified atom stereocenters. The minimum absolute atomic E-state index is 0.00810. The van der Waals surface area contributed by atoms with E-state index in [1.54, 1.807) is 6.07 Å². The standard InChI is InChI=1S/C10H7ClFNO2/c1-15-10(14)4-8-6(5-13)2-7(11)3-9(8)12/h2-3H,4H2,1H3. The molecule has 0 radical (unpaired) electrons. The zero-order valence-electron chi connectivity index (χ0n) is 7.88. The molecule has 0 saturated heterocycles. The van der Waals surface area contributed by atoms with Crippen LogP contribution in [0.15, 0.2) is 12.1 Å². The molecule has 0 fully saturated rings. The van der Waals surface area contributed by atoms with Crippen LogP contribution in [0.1, 0.15) is 11.1 Å². The summed E-state index contributed by atoms with van der Waals surface area (Å²) in [6.07, 6.45) is -0.275. The normalized spacial score (nSPS) is 9.47. The van der Waals surface area contributed by atoms with Crippen LogP contribution in [0.2, 0.25) is 5.02 Å². The first-order chi connectivity index (χ1) is 7.08. The molecule has 0 saturated carbocycles. The van der Waals surface area contributed by atoms with Crippen molar-refractivity contribution in [1.82, 2.24) is 0 Å². The Bertz CT molecular complexity index is 440. The van der Waals surface area contributed by atoms with Gasteiger partial charge in [0.15, 0.2) is 0 Å². The number of ether oxygens (including phenoxy) is 1. The Hall–Kier alpha value is -1.60. The summed E-state index contributed by atoms with van der Waals surface area (Å²) in [5, 5.41) is 8.85. The molecule has 0 bridgehead atoms. The van der Waals surface area contributed by atoms with Gasteiger partial charge in [-0.15, -0.1) is 0 Å². The molecule has 0 aromatic heterocycles. The van der Waals surface area contributed by atoms with Crippen LogP contribution in [0.25, 0.3) is 0 Å². The molecule has 0 aliphatic carbocycles. The Balaban J connectivity index is 3.17. The van der Waals surface area contributed by atoms with E-state index in [0.29, 0.717) is 0 Å². The molecule has 5 heteroatoms. The van der Waals surface area contributed by atoms with Crippen molar-refractivity contribution >= 4 is 17.6 Å². The number of methoxy groups -OCH3 is 1. The van der Waals surface area contributed by atoms with Gasteiger partial charge in [-0.2, -0.15) is 5.26 Å². The van der Waals surface area contributed by atoms with E-state index in [4.69, 9.17) is 16.9 Å². The van der Waals surface area contributed by atoms with Crippen molar-refractivity contribution in [3.8, 4) is 6.07 Å². The van der Waals surface area contributed by atoms with E-state index in [2.05, 4.69) is 4.74 Å². The number of rotatable bonds is 2. The smallest absolute Gasteiger partial charge is 0.310 e. The number of carbonyl (C=O) groups is 1. The third kappa shape index (κ3) is 2.67. The largest absolute Gasteiger partial charge is 0.469 e. The van der Waals surface area contributed by atoms with Crippen LogP contribution in [-0.4, -0.2) is 13.1 Å². The molecule has 3 nitrogen and oxygen atoms in total.